The highest BCUT2D eigenvalue weighted by atomic mass is 19.1. The molecular weight excluding hydrogens is 411 g/mol. The topological polar surface area (TPSA) is 103 Å². The highest BCUT2D eigenvalue weighted by molar-refractivity contribution is 5.75. The van der Waals surface area contributed by atoms with Crippen molar-refractivity contribution in [2.24, 2.45) is 0 Å². The van der Waals surface area contributed by atoms with Gasteiger partial charge in [-0.25, -0.2) is 19.2 Å². The molecule has 1 saturated heterocycles. The summed E-state index contributed by atoms with van der Waals surface area (Å²) in [6.07, 6.45) is 4.86. The minimum Gasteiger partial charge on any atom is -0.381 e. The maximum Gasteiger partial charge on any atom is 0.318 e. The minimum absolute atomic E-state index is 0.255. The zero-order valence-electron chi connectivity index (χ0n) is 18.1. The van der Waals surface area contributed by atoms with Gasteiger partial charge in [0.25, 0.3) is 0 Å². The van der Waals surface area contributed by atoms with Crippen molar-refractivity contribution in [2.75, 3.05) is 25.1 Å². The molecule has 168 valence electrons. The first-order valence-corrected chi connectivity index (χ1v) is 11.0. The molecule has 0 aliphatic carbocycles. The van der Waals surface area contributed by atoms with Crippen LogP contribution in [0, 0.1) is 17.1 Å². The fourth-order valence-electron chi connectivity index (χ4n) is 4.09. The molecule has 2 aliphatic heterocycles. The molecule has 1 fully saturated rings. The van der Waals surface area contributed by atoms with Gasteiger partial charge in [-0.05, 0) is 43.4 Å². The number of ether oxygens (including phenoxy) is 1. The number of carbonyl (C=O) groups is 1. The van der Waals surface area contributed by atoms with E-state index in [1.165, 1.54) is 6.07 Å². The fraction of sp³-hybridized carbons (Fsp3) is 0.478. The maximum atomic E-state index is 14.5. The van der Waals surface area contributed by atoms with Crippen LogP contribution in [0.3, 0.4) is 0 Å². The number of hydrogen-bond acceptors (Lipinski definition) is 6. The van der Waals surface area contributed by atoms with Crippen molar-refractivity contribution in [1.29, 1.82) is 5.26 Å². The highest BCUT2D eigenvalue weighted by Crippen LogP contribution is 2.23. The van der Waals surface area contributed by atoms with E-state index in [9.17, 15) is 9.18 Å². The molecule has 2 N–H and O–H groups in total. The van der Waals surface area contributed by atoms with Gasteiger partial charge in [0.2, 0.25) is 5.95 Å². The number of hydrogen-bond donors (Lipinski definition) is 2. The van der Waals surface area contributed by atoms with Gasteiger partial charge in [-0.3, -0.25) is 0 Å². The van der Waals surface area contributed by atoms with Gasteiger partial charge in [0, 0.05) is 37.6 Å². The molecular formula is C23H27FN6O2. The Kier molecular flexibility index (Phi) is 6.81. The van der Waals surface area contributed by atoms with Crippen LogP contribution in [0.5, 0.6) is 0 Å². The van der Waals surface area contributed by atoms with E-state index >= 15 is 0 Å². The molecule has 2 aliphatic rings. The van der Waals surface area contributed by atoms with Crippen molar-refractivity contribution in [3.63, 3.8) is 0 Å². The summed E-state index contributed by atoms with van der Waals surface area (Å²) in [5, 5.41) is 15.2. The van der Waals surface area contributed by atoms with Crippen LogP contribution in [-0.4, -0.2) is 46.7 Å². The lowest BCUT2D eigenvalue weighted by atomic mass is 10.0. The second kappa shape index (κ2) is 9.92. The van der Waals surface area contributed by atoms with E-state index in [4.69, 9.17) is 10.00 Å². The Balaban J connectivity index is 1.42. The standard InChI is InChI=1S/C23H27FN6O2/c1-2-20(18-4-3-15(12-25)11-19(18)24)29-23(31)30-8-5-16-13-26-22(28-21(16)14-30)27-17-6-9-32-10-7-17/h3-4,11,13,17,20H,2,5-10,14H2,1H3,(H,29,31)(H,26,27,28)/t20-/m1/s1. The van der Waals surface area contributed by atoms with Gasteiger partial charge in [0.05, 0.1) is 29.9 Å². The lowest BCUT2D eigenvalue weighted by Crippen LogP contribution is -2.44. The number of nitrogens with one attached hydrogen (secondary N) is 2. The molecule has 32 heavy (non-hydrogen) atoms. The van der Waals surface area contributed by atoms with Crippen molar-refractivity contribution in [1.82, 2.24) is 20.2 Å². The van der Waals surface area contributed by atoms with E-state index in [1.807, 2.05) is 19.2 Å². The van der Waals surface area contributed by atoms with Crippen molar-refractivity contribution in [3.8, 4) is 6.07 Å². The predicted molar refractivity (Wildman–Crippen MR) is 116 cm³/mol. The van der Waals surface area contributed by atoms with E-state index in [-0.39, 0.29) is 17.6 Å². The molecule has 0 spiro atoms. The monoisotopic (exact) mass is 438 g/mol. The summed E-state index contributed by atoms with van der Waals surface area (Å²) in [4.78, 5) is 23.7. The van der Waals surface area contributed by atoms with Crippen LogP contribution in [-0.2, 0) is 17.7 Å². The van der Waals surface area contributed by atoms with E-state index in [0.717, 1.165) is 37.3 Å². The summed E-state index contributed by atoms with van der Waals surface area (Å²) in [6, 6.07) is 5.80. The van der Waals surface area contributed by atoms with Gasteiger partial charge in [-0.1, -0.05) is 13.0 Å². The van der Waals surface area contributed by atoms with E-state index in [0.29, 0.717) is 37.4 Å². The third-order valence-electron chi connectivity index (χ3n) is 6.00. The average molecular weight is 439 g/mol. The number of nitrogens with zero attached hydrogens (tertiary/aromatic N) is 4. The first kappa shape index (κ1) is 22.0. The Hall–Kier alpha value is -3.25. The third kappa shape index (κ3) is 4.97. The number of halogens is 1. The Morgan fingerprint density at radius 3 is 2.94 bits per heavy atom. The van der Waals surface area contributed by atoms with Gasteiger partial charge >= 0.3 is 6.03 Å². The van der Waals surface area contributed by atoms with Crippen molar-refractivity contribution in [2.45, 2.75) is 51.2 Å². The van der Waals surface area contributed by atoms with E-state index < -0.39 is 11.9 Å². The summed E-state index contributed by atoms with van der Waals surface area (Å²) < 4.78 is 19.8. The van der Waals surface area contributed by atoms with Crippen molar-refractivity contribution >= 4 is 12.0 Å². The number of anilines is 1. The molecule has 8 nitrogen and oxygen atoms in total. The molecule has 0 bridgehead atoms. The first-order chi connectivity index (χ1) is 15.6. The van der Waals surface area contributed by atoms with Crippen LogP contribution < -0.4 is 10.6 Å². The van der Waals surface area contributed by atoms with Crippen molar-refractivity contribution in [3.05, 3.63) is 52.6 Å². The Bertz CT molecular complexity index is 1020. The van der Waals surface area contributed by atoms with Gasteiger partial charge in [0.1, 0.15) is 5.82 Å². The van der Waals surface area contributed by atoms with Crippen LogP contribution in [0.15, 0.2) is 24.4 Å². The molecule has 9 heteroatoms. The van der Waals surface area contributed by atoms with Gasteiger partial charge in [-0.15, -0.1) is 0 Å². The summed E-state index contributed by atoms with van der Waals surface area (Å²) in [6.45, 7) is 4.26. The second-order valence-corrected chi connectivity index (χ2v) is 8.13. The Labute approximate surface area is 186 Å². The molecule has 0 saturated carbocycles. The largest absolute Gasteiger partial charge is 0.381 e. The number of amides is 2. The number of fused-ring (bicyclic) bond motifs is 1. The van der Waals surface area contributed by atoms with Crippen LogP contribution in [0.25, 0.3) is 0 Å². The molecule has 2 aromatic rings. The summed E-state index contributed by atoms with van der Waals surface area (Å²) in [7, 11) is 0. The lowest BCUT2D eigenvalue weighted by molar-refractivity contribution is 0.0903. The van der Waals surface area contributed by atoms with Crippen LogP contribution >= 0.6 is 0 Å². The van der Waals surface area contributed by atoms with E-state index in [1.54, 1.807) is 17.0 Å². The molecule has 0 unspecified atom stereocenters. The molecule has 1 aromatic heterocycles. The molecule has 1 aromatic carbocycles. The fourth-order valence-corrected chi connectivity index (χ4v) is 4.09. The smallest absolute Gasteiger partial charge is 0.318 e. The lowest BCUT2D eigenvalue weighted by Gasteiger charge is -2.30. The Morgan fingerprint density at radius 1 is 1.41 bits per heavy atom. The molecule has 4 rings (SSSR count). The zero-order chi connectivity index (χ0) is 22.5. The normalized spacial score (nSPS) is 17.2. The number of urea groups is 1. The molecule has 3 heterocycles. The van der Waals surface area contributed by atoms with Crippen LogP contribution in [0.1, 0.15) is 54.6 Å². The molecule has 0 radical (unpaired) electrons. The number of nitriles is 1. The number of benzene rings is 1. The second-order valence-electron chi connectivity index (χ2n) is 8.13. The van der Waals surface area contributed by atoms with Crippen LogP contribution in [0.4, 0.5) is 15.1 Å². The highest BCUT2D eigenvalue weighted by Gasteiger charge is 2.26. The van der Waals surface area contributed by atoms with Gasteiger partial charge in [0.15, 0.2) is 0 Å². The van der Waals surface area contributed by atoms with Crippen molar-refractivity contribution < 1.29 is 13.9 Å². The van der Waals surface area contributed by atoms with Gasteiger partial charge in [-0.2, -0.15) is 5.26 Å². The molecule has 2 amide bonds. The minimum atomic E-state index is -0.489. The quantitative estimate of drug-likeness (QED) is 0.743. The third-order valence-corrected chi connectivity index (χ3v) is 6.00. The maximum absolute atomic E-state index is 14.5. The number of aromatic nitrogens is 2. The van der Waals surface area contributed by atoms with Gasteiger partial charge < -0.3 is 20.3 Å². The van der Waals surface area contributed by atoms with Crippen LogP contribution in [0.2, 0.25) is 0 Å². The zero-order valence-corrected chi connectivity index (χ0v) is 18.1. The number of carbonyl (C=O) groups excluding carboxylic acids is 1. The van der Waals surface area contributed by atoms with E-state index in [2.05, 4.69) is 20.6 Å². The Morgan fingerprint density at radius 2 is 2.22 bits per heavy atom. The first-order valence-electron chi connectivity index (χ1n) is 11.0. The number of rotatable bonds is 5. The summed E-state index contributed by atoms with van der Waals surface area (Å²) >= 11 is 0. The summed E-state index contributed by atoms with van der Waals surface area (Å²) in [5.74, 6) is 0.0840. The molecule has 1 atom stereocenters. The predicted octanol–water partition coefficient (Wildman–Crippen LogP) is 3.30. The summed E-state index contributed by atoms with van der Waals surface area (Å²) in [5.41, 5.74) is 2.50. The average Bonchev–Trinajstić information content (AvgIpc) is 2.82. The SMILES string of the molecule is CC[C@@H](NC(=O)N1CCc2cnc(NC3CCOCC3)nc2C1)c1ccc(C#N)cc1F.